The van der Waals surface area contributed by atoms with Crippen LogP contribution in [0.1, 0.15) is 39.0 Å². The van der Waals surface area contributed by atoms with Gasteiger partial charge in [-0.3, -0.25) is 4.79 Å². The number of hydrogen-bond acceptors (Lipinski definition) is 3. The summed E-state index contributed by atoms with van der Waals surface area (Å²) >= 11 is 3.47. The number of hydrogen-bond donors (Lipinski definition) is 1. The summed E-state index contributed by atoms with van der Waals surface area (Å²) in [6.45, 7) is 5.61. The van der Waals surface area contributed by atoms with Gasteiger partial charge in [-0.2, -0.15) is 0 Å². The van der Waals surface area contributed by atoms with Crippen molar-refractivity contribution in [2.24, 2.45) is 0 Å². The van der Waals surface area contributed by atoms with Gasteiger partial charge in [0, 0.05) is 19.0 Å². The lowest BCUT2D eigenvalue weighted by molar-refractivity contribution is -0.134. The molecule has 5 heteroatoms. The lowest BCUT2D eigenvalue weighted by atomic mass is 10.0. The molecule has 1 amide bonds. The maximum absolute atomic E-state index is 12.6. The number of benzene rings is 1. The van der Waals surface area contributed by atoms with Gasteiger partial charge < -0.3 is 15.0 Å². The van der Waals surface area contributed by atoms with Crippen molar-refractivity contribution in [2.45, 2.75) is 45.1 Å². The Morgan fingerprint density at radius 2 is 2.09 bits per heavy atom. The molecule has 1 N–H and O–H groups in total. The van der Waals surface area contributed by atoms with Crippen molar-refractivity contribution in [1.29, 1.82) is 0 Å². The number of ether oxygens (including phenoxy) is 1. The molecule has 1 aliphatic heterocycles. The maximum Gasteiger partial charge on any atom is 0.222 e. The van der Waals surface area contributed by atoms with Gasteiger partial charge >= 0.3 is 0 Å². The van der Waals surface area contributed by atoms with Gasteiger partial charge in [0.2, 0.25) is 5.91 Å². The topological polar surface area (TPSA) is 41.6 Å². The second-order valence-corrected chi connectivity index (χ2v) is 6.81. The van der Waals surface area contributed by atoms with Gasteiger partial charge in [-0.05, 0) is 66.8 Å². The van der Waals surface area contributed by atoms with Crippen molar-refractivity contribution in [2.75, 3.05) is 26.2 Å². The molecule has 2 rings (SSSR count). The van der Waals surface area contributed by atoms with Gasteiger partial charge in [-0.15, -0.1) is 0 Å². The minimum Gasteiger partial charge on any atom is -0.492 e. The summed E-state index contributed by atoms with van der Waals surface area (Å²) < 4.78 is 6.70. The van der Waals surface area contributed by atoms with Crippen LogP contribution >= 0.6 is 15.9 Å². The highest BCUT2D eigenvalue weighted by Crippen LogP contribution is 2.24. The van der Waals surface area contributed by atoms with Crippen LogP contribution in [0.2, 0.25) is 0 Å². The number of nitrogens with one attached hydrogen (secondary N) is 1. The fraction of sp³-hybridized carbons (Fsp3) is 0.611. The fourth-order valence-electron chi connectivity index (χ4n) is 2.98. The van der Waals surface area contributed by atoms with Crippen molar-refractivity contribution in [3.05, 3.63) is 28.7 Å². The van der Waals surface area contributed by atoms with Crippen molar-refractivity contribution in [3.63, 3.8) is 0 Å². The van der Waals surface area contributed by atoms with Crippen LogP contribution in [-0.4, -0.2) is 43.1 Å². The van der Waals surface area contributed by atoms with Gasteiger partial charge in [0.05, 0.1) is 11.1 Å². The van der Waals surface area contributed by atoms with Crippen molar-refractivity contribution < 1.29 is 9.53 Å². The Morgan fingerprint density at radius 1 is 1.35 bits per heavy atom. The van der Waals surface area contributed by atoms with Crippen molar-refractivity contribution >= 4 is 21.8 Å². The van der Waals surface area contributed by atoms with Crippen LogP contribution in [0.4, 0.5) is 0 Å². The Kier molecular flexibility index (Phi) is 7.89. The summed E-state index contributed by atoms with van der Waals surface area (Å²) in [5.74, 6) is 1.11. The molecule has 0 saturated carbocycles. The first-order valence-electron chi connectivity index (χ1n) is 8.60. The van der Waals surface area contributed by atoms with E-state index in [1.54, 1.807) is 0 Å². The summed E-state index contributed by atoms with van der Waals surface area (Å²) in [4.78, 5) is 14.6. The van der Waals surface area contributed by atoms with Crippen LogP contribution in [0.15, 0.2) is 28.7 Å². The number of rotatable bonds is 8. The molecule has 0 spiro atoms. The van der Waals surface area contributed by atoms with Crippen LogP contribution in [0, 0.1) is 0 Å². The van der Waals surface area contributed by atoms with Gasteiger partial charge in [0.1, 0.15) is 5.75 Å². The van der Waals surface area contributed by atoms with Gasteiger partial charge in [0.25, 0.3) is 0 Å². The normalized spacial score (nSPS) is 15.4. The molecular weight excluding hydrogens is 356 g/mol. The smallest absolute Gasteiger partial charge is 0.222 e. The minimum absolute atomic E-state index is 0.273. The zero-order valence-electron chi connectivity index (χ0n) is 13.9. The van der Waals surface area contributed by atoms with E-state index in [0.717, 1.165) is 55.5 Å². The lowest BCUT2D eigenvalue weighted by Crippen LogP contribution is -2.46. The number of halogens is 1. The molecule has 0 bridgehead atoms. The number of amides is 1. The summed E-state index contributed by atoms with van der Waals surface area (Å²) in [5, 5.41) is 3.36. The third kappa shape index (κ3) is 5.81. The third-order valence-electron chi connectivity index (χ3n) is 4.16. The Hall–Kier alpha value is -1.07. The molecular formula is C18H27BrN2O2. The molecule has 0 aromatic heterocycles. The Balaban J connectivity index is 1.76. The molecule has 1 saturated heterocycles. The fourth-order valence-corrected chi connectivity index (χ4v) is 3.38. The van der Waals surface area contributed by atoms with E-state index >= 15 is 0 Å². The molecule has 1 heterocycles. The van der Waals surface area contributed by atoms with Crippen LogP contribution in [0.25, 0.3) is 0 Å². The van der Waals surface area contributed by atoms with Crippen LogP contribution in [0.3, 0.4) is 0 Å². The summed E-state index contributed by atoms with van der Waals surface area (Å²) in [6, 6.07) is 8.21. The zero-order valence-corrected chi connectivity index (χ0v) is 15.5. The van der Waals surface area contributed by atoms with Crippen LogP contribution < -0.4 is 10.1 Å². The third-order valence-corrected chi connectivity index (χ3v) is 4.82. The predicted octanol–water partition coefficient (Wildman–Crippen LogP) is 3.60. The quantitative estimate of drug-likeness (QED) is 0.698. The minimum atomic E-state index is 0.273. The summed E-state index contributed by atoms with van der Waals surface area (Å²) in [5.41, 5.74) is 0. The van der Waals surface area contributed by atoms with Crippen molar-refractivity contribution in [1.82, 2.24) is 10.2 Å². The van der Waals surface area contributed by atoms with E-state index in [0.29, 0.717) is 19.1 Å². The number of piperidine rings is 1. The molecule has 1 aromatic rings. The van der Waals surface area contributed by atoms with Gasteiger partial charge in [-0.1, -0.05) is 19.1 Å². The number of nitrogens with zero attached hydrogens (tertiary/aromatic N) is 1. The maximum atomic E-state index is 12.6. The average Bonchev–Trinajstić information content (AvgIpc) is 2.58. The van der Waals surface area contributed by atoms with E-state index in [1.807, 2.05) is 24.3 Å². The first kappa shape index (κ1) is 18.3. The van der Waals surface area contributed by atoms with E-state index in [2.05, 4.69) is 33.1 Å². The van der Waals surface area contributed by atoms with Crippen LogP contribution in [-0.2, 0) is 4.79 Å². The molecule has 0 atom stereocenters. The predicted molar refractivity (Wildman–Crippen MR) is 96.8 cm³/mol. The number of carbonyl (C=O) groups is 1. The highest BCUT2D eigenvalue weighted by Gasteiger charge is 2.24. The number of para-hydroxylation sites is 1. The molecule has 128 valence electrons. The molecule has 4 nitrogen and oxygen atoms in total. The van der Waals surface area contributed by atoms with Gasteiger partial charge in [-0.25, -0.2) is 0 Å². The van der Waals surface area contributed by atoms with Crippen molar-refractivity contribution in [3.8, 4) is 5.75 Å². The first-order valence-corrected chi connectivity index (χ1v) is 9.39. The number of carbonyl (C=O) groups excluding carboxylic acids is 1. The standard InChI is InChI=1S/C18H27BrN2O2/c1-2-13-21(15-9-11-20-12-10-15)18(22)8-5-14-23-17-7-4-3-6-16(17)19/h3-4,6-7,15,20H,2,5,8-14H2,1H3. The second-order valence-electron chi connectivity index (χ2n) is 5.95. The van der Waals surface area contributed by atoms with E-state index in [1.165, 1.54) is 0 Å². The monoisotopic (exact) mass is 382 g/mol. The Bertz CT molecular complexity index is 490. The molecule has 0 aliphatic carbocycles. The van der Waals surface area contributed by atoms with E-state index < -0.39 is 0 Å². The molecule has 1 fully saturated rings. The summed E-state index contributed by atoms with van der Waals surface area (Å²) in [6.07, 6.45) is 4.47. The first-order chi connectivity index (χ1) is 11.2. The Labute approximate surface area is 147 Å². The van der Waals surface area contributed by atoms with Crippen LogP contribution in [0.5, 0.6) is 5.75 Å². The van der Waals surface area contributed by atoms with E-state index in [4.69, 9.17) is 4.74 Å². The second kappa shape index (κ2) is 9.93. The Morgan fingerprint density at radius 3 is 2.78 bits per heavy atom. The summed E-state index contributed by atoms with van der Waals surface area (Å²) in [7, 11) is 0. The largest absolute Gasteiger partial charge is 0.492 e. The van der Waals surface area contributed by atoms with E-state index in [9.17, 15) is 4.79 Å². The average molecular weight is 383 g/mol. The molecule has 1 aromatic carbocycles. The van der Waals surface area contributed by atoms with E-state index in [-0.39, 0.29) is 5.91 Å². The highest BCUT2D eigenvalue weighted by molar-refractivity contribution is 9.10. The lowest BCUT2D eigenvalue weighted by Gasteiger charge is -2.34. The van der Waals surface area contributed by atoms with Gasteiger partial charge in [0.15, 0.2) is 0 Å². The molecule has 23 heavy (non-hydrogen) atoms. The highest BCUT2D eigenvalue weighted by atomic mass is 79.9. The molecule has 0 radical (unpaired) electrons. The SMILES string of the molecule is CCCN(C(=O)CCCOc1ccccc1Br)C1CCNCC1. The molecule has 1 aliphatic rings. The molecule has 0 unspecified atom stereocenters. The zero-order chi connectivity index (χ0) is 16.5.